The molecule has 100 valence electrons. The fraction of sp³-hybridized carbons (Fsp3) is 0.0833. The topological polar surface area (TPSA) is 26.3 Å². The zero-order valence-electron chi connectivity index (χ0n) is 9.09. The van der Waals surface area contributed by atoms with Gasteiger partial charge in [-0.3, -0.25) is 0 Å². The lowest BCUT2D eigenvalue weighted by atomic mass is 10.1. The molecule has 1 aromatic rings. The maximum atomic E-state index is 12.4. The molecule has 0 atom stereocenters. The van der Waals surface area contributed by atoms with Crippen molar-refractivity contribution in [2.24, 2.45) is 0 Å². The second-order valence-corrected chi connectivity index (χ2v) is 4.40. The lowest BCUT2D eigenvalue weighted by Gasteiger charge is -2.06. The van der Waals surface area contributed by atoms with Gasteiger partial charge in [0.1, 0.15) is 10.1 Å². The highest BCUT2D eigenvalue weighted by molar-refractivity contribution is 6.50. The third-order valence-corrected chi connectivity index (χ3v) is 3.14. The summed E-state index contributed by atoms with van der Waals surface area (Å²) in [4.78, 5) is 11.1. The van der Waals surface area contributed by atoms with E-state index in [4.69, 9.17) is 27.9 Å². The molecule has 0 bridgehead atoms. The van der Waals surface area contributed by atoms with E-state index in [0.29, 0.717) is 5.56 Å². The molecular weight excluding hydrogens is 304 g/mol. The summed E-state index contributed by atoms with van der Waals surface area (Å²) >= 11 is 11.3. The summed E-state index contributed by atoms with van der Waals surface area (Å²) < 4.78 is 41.8. The van der Waals surface area contributed by atoms with Crippen LogP contribution in [0.4, 0.5) is 13.2 Å². The Hall–Kier alpha value is -1.46. The zero-order chi connectivity index (χ0) is 14.2. The van der Waals surface area contributed by atoms with Gasteiger partial charge >= 0.3 is 12.1 Å². The number of esters is 1. The van der Waals surface area contributed by atoms with Crippen molar-refractivity contribution in [3.05, 3.63) is 51.2 Å². The largest absolute Gasteiger partial charge is 0.421 e. The molecule has 0 saturated heterocycles. The summed E-state index contributed by atoms with van der Waals surface area (Å²) in [5.41, 5.74) is -0.363. The van der Waals surface area contributed by atoms with E-state index < -0.39 is 17.7 Å². The van der Waals surface area contributed by atoms with Crippen LogP contribution in [-0.2, 0) is 15.7 Å². The van der Waals surface area contributed by atoms with Crippen LogP contribution >= 0.6 is 23.2 Å². The van der Waals surface area contributed by atoms with Crippen LogP contribution in [0.25, 0.3) is 6.08 Å². The molecule has 2 rings (SSSR count). The van der Waals surface area contributed by atoms with Crippen LogP contribution in [0.5, 0.6) is 0 Å². The number of carbonyl (C=O) groups excluding carboxylic acids is 1. The summed E-state index contributed by atoms with van der Waals surface area (Å²) in [6, 6.07) is 4.31. The molecule has 0 amide bonds. The van der Waals surface area contributed by atoms with E-state index in [-0.39, 0.29) is 15.8 Å². The number of cyclic esters (lactones) is 1. The average molecular weight is 309 g/mol. The van der Waals surface area contributed by atoms with Gasteiger partial charge in [-0.15, -0.1) is 0 Å². The summed E-state index contributed by atoms with van der Waals surface area (Å²) in [6.45, 7) is 0. The van der Waals surface area contributed by atoms with E-state index in [9.17, 15) is 18.0 Å². The third-order valence-electron chi connectivity index (χ3n) is 2.33. The predicted molar refractivity (Wildman–Crippen MR) is 64.2 cm³/mol. The van der Waals surface area contributed by atoms with Gasteiger partial charge in [-0.05, 0) is 23.8 Å². The minimum absolute atomic E-state index is 0.0106. The first-order valence-corrected chi connectivity index (χ1v) is 5.71. The number of ether oxygens (including phenoxy) is 1. The van der Waals surface area contributed by atoms with Crippen molar-refractivity contribution in [3.63, 3.8) is 0 Å². The summed E-state index contributed by atoms with van der Waals surface area (Å²) in [5.74, 6) is -0.777. The van der Waals surface area contributed by atoms with Gasteiger partial charge in [0.2, 0.25) is 0 Å². The quantitative estimate of drug-likeness (QED) is 0.723. The number of benzene rings is 1. The Labute approximate surface area is 116 Å². The number of hydrogen-bond acceptors (Lipinski definition) is 2. The highest BCUT2D eigenvalue weighted by Gasteiger charge is 2.30. The first kappa shape index (κ1) is 14.0. The smallest absolute Gasteiger partial charge is 0.416 e. The van der Waals surface area contributed by atoms with Crippen LogP contribution in [0.3, 0.4) is 0 Å². The minimum Gasteiger partial charge on any atom is -0.421 e. The Morgan fingerprint density at radius 3 is 2.05 bits per heavy atom. The van der Waals surface area contributed by atoms with Crippen LogP contribution in [0, 0.1) is 0 Å². The van der Waals surface area contributed by atoms with Crippen LogP contribution in [-0.4, -0.2) is 5.97 Å². The lowest BCUT2D eigenvalue weighted by Crippen LogP contribution is -2.04. The molecule has 1 aromatic carbocycles. The third kappa shape index (κ3) is 2.93. The van der Waals surface area contributed by atoms with Crippen LogP contribution in [0.2, 0.25) is 0 Å². The van der Waals surface area contributed by atoms with Crippen LogP contribution in [0.1, 0.15) is 11.1 Å². The number of halogens is 5. The van der Waals surface area contributed by atoms with Crippen molar-refractivity contribution in [1.82, 2.24) is 0 Å². The van der Waals surface area contributed by atoms with Gasteiger partial charge in [-0.1, -0.05) is 35.3 Å². The molecule has 0 N–H and O–H groups in total. The van der Waals surface area contributed by atoms with E-state index in [1.807, 2.05) is 0 Å². The fourth-order valence-corrected chi connectivity index (χ4v) is 1.70. The maximum absolute atomic E-state index is 12.4. The summed E-state index contributed by atoms with van der Waals surface area (Å²) in [7, 11) is 0. The van der Waals surface area contributed by atoms with Crippen molar-refractivity contribution in [2.45, 2.75) is 6.18 Å². The molecule has 19 heavy (non-hydrogen) atoms. The van der Waals surface area contributed by atoms with Crippen molar-refractivity contribution in [2.75, 3.05) is 0 Å². The Kier molecular flexibility index (Phi) is 3.60. The first-order chi connectivity index (χ1) is 8.79. The van der Waals surface area contributed by atoms with Gasteiger partial charge in [0.05, 0.1) is 5.56 Å². The van der Waals surface area contributed by atoms with Crippen molar-refractivity contribution in [3.8, 4) is 0 Å². The predicted octanol–water partition coefficient (Wildman–Crippen LogP) is 4.29. The Bertz CT molecular complexity index is 586. The molecule has 1 aliphatic heterocycles. The van der Waals surface area contributed by atoms with E-state index in [0.717, 1.165) is 12.1 Å². The zero-order valence-corrected chi connectivity index (χ0v) is 10.6. The Morgan fingerprint density at radius 1 is 1.05 bits per heavy atom. The second-order valence-electron chi connectivity index (χ2n) is 3.65. The highest BCUT2D eigenvalue weighted by atomic mass is 35.5. The molecule has 0 radical (unpaired) electrons. The maximum Gasteiger partial charge on any atom is 0.416 e. The molecule has 0 spiro atoms. The van der Waals surface area contributed by atoms with Crippen LogP contribution < -0.4 is 0 Å². The molecule has 0 aliphatic carbocycles. The van der Waals surface area contributed by atoms with E-state index >= 15 is 0 Å². The number of carbonyl (C=O) groups is 1. The molecule has 1 aliphatic rings. The fourth-order valence-electron chi connectivity index (χ4n) is 1.40. The molecule has 2 nitrogen and oxygen atoms in total. The Morgan fingerprint density at radius 2 is 1.63 bits per heavy atom. The summed E-state index contributed by atoms with van der Waals surface area (Å²) in [5, 5.41) is -0.314. The van der Waals surface area contributed by atoms with E-state index in [2.05, 4.69) is 0 Å². The molecule has 0 unspecified atom stereocenters. The number of allylic oxidation sites excluding steroid dienone is 1. The standard InChI is InChI=1S/C12H5Cl2F3O2/c13-9-8(19-11(18)10(9)14)5-6-1-3-7(4-2-6)12(15,16)17/h1-5H/b8-5-. The van der Waals surface area contributed by atoms with Crippen molar-refractivity contribution < 1.29 is 22.7 Å². The van der Waals surface area contributed by atoms with Crippen molar-refractivity contribution in [1.29, 1.82) is 0 Å². The van der Waals surface area contributed by atoms with Crippen LogP contribution in [0.15, 0.2) is 40.1 Å². The molecule has 0 saturated carbocycles. The second kappa shape index (κ2) is 4.90. The van der Waals surface area contributed by atoms with E-state index in [1.165, 1.54) is 18.2 Å². The van der Waals surface area contributed by atoms with Gasteiger partial charge < -0.3 is 4.74 Å². The monoisotopic (exact) mass is 308 g/mol. The summed E-state index contributed by atoms with van der Waals surface area (Å²) in [6.07, 6.45) is -3.07. The molecular formula is C12H5Cl2F3O2. The highest BCUT2D eigenvalue weighted by Crippen LogP contribution is 2.33. The minimum atomic E-state index is -4.40. The number of rotatable bonds is 1. The first-order valence-electron chi connectivity index (χ1n) is 4.96. The van der Waals surface area contributed by atoms with Gasteiger partial charge in [-0.2, -0.15) is 13.2 Å². The Balaban J connectivity index is 2.29. The lowest BCUT2D eigenvalue weighted by molar-refractivity contribution is -0.137. The number of hydrogen-bond donors (Lipinski definition) is 0. The molecule has 1 heterocycles. The van der Waals surface area contributed by atoms with Gasteiger partial charge in [0.25, 0.3) is 0 Å². The normalized spacial score (nSPS) is 18.2. The molecule has 0 fully saturated rings. The van der Waals surface area contributed by atoms with Gasteiger partial charge in [0.15, 0.2) is 5.76 Å². The number of alkyl halides is 3. The van der Waals surface area contributed by atoms with E-state index in [1.54, 1.807) is 0 Å². The van der Waals surface area contributed by atoms with Crippen molar-refractivity contribution >= 4 is 35.2 Å². The SMILES string of the molecule is O=C1O/C(=C\c2ccc(C(F)(F)F)cc2)C(Cl)=C1Cl. The molecule has 7 heteroatoms. The van der Waals surface area contributed by atoms with Gasteiger partial charge in [-0.25, -0.2) is 4.79 Å². The van der Waals surface area contributed by atoms with Gasteiger partial charge in [0, 0.05) is 0 Å². The molecule has 0 aromatic heterocycles. The average Bonchev–Trinajstić information content (AvgIpc) is 2.57.